The van der Waals surface area contributed by atoms with Gasteiger partial charge in [0.25, 0.3) is 0 Å². The number of carbonyl (C=O) groups excluding carboxylic acids is 2. The number of nitrogens with zero attached hydrogens (tertiary/aromatic N) is 2. The van der Waals surface area contributed by atoms with E-state index in [2.05, 4.69) is 10.3 Å². The Morgan fingerprint density at radius 2 is 2.04 bits per heavy atom. The highest BCUT2D eigenvalue weighted by molar-refractivity contribution is 5.92. The highest BCUT2D eigenvalue weighted by Gasteiger charge is 2.43. The van der Waals surface area contributed by atoms with E-state index in [-0.39, 0.29) is 42.5 Å². The van der Waals surface area contributed by atoms with Gasteiger partial charge in [-0.15, -0.1) is 24.8 Å². The van der Waals surface area contributed by atoms with Gasteiger partial charge in [0.1, 0.15) is 5.82 Å². The molecule has 0 aliphatic carbocycles. The third-order valence-electron chi connectivity index (χ3n) is 5.54. The summed E-state index contributed by atoms with van der Waals surface area (Å²) in [7, 11) is 0. The van der Waals surface area contributed by atoms with E-state index < -0.39 is 5.41 Å². The normalized spacial score (nSPS) is 21.1. The van der Waals surface area contributed by atoms with E-state index in [4.69, 9.17) is 10.5 Å². The van der Waals surface area contributed by atoms with Gasteiger partial charge < -0.3 is 20.7 Å². The minimum Gasteiger partial charge on any atom is -0.381 e. The molecule has 1 unspecified atom stereocenters. The number of aryl methyl sites for hydroxylation is 1. The second kappa shape index (κ2) is 11.0. The summed E-state index contributed by atoms with van der Waals surface area (Å²) in [6.07, 6.45) is 4.64. The van der Waals surface area contributed by atoms with Crippen molar-refractivity contribution in [3.05, 3.63) is 23.9 Å². The maximum Gasteiger partial charge on any atom is 0.230 e. The molecule has 3 rings (SSSR count). The van der Waals surface area contributed by atoms with Crippen molar-refractivity contribution in [1.29, 1.82) is 0 Å². The van der Waals surface area contributed by atoms with Crippen LogP contribution in [0.3, 0.4) is 0 Å². The molecule has 1 aromatic rings. The number of anilines is 1. The van der Waals surface area contributed by atoms with E-state index >= 15 is 0 Å². The van der Waals surface area contributed by atoms with Crippen LogP contribution in [0.15, 0.2) is 18.3 Å². The molecule has 2 aliphatic heterocycles. The molecular weight excluding hydrogens is 403 g/mol. The van der Waals surface area contributed by atoms with Crippen LogP contribution < -0.4 is 11.1 Å². The minimum absolute atomic E-state index is 0. The number of halogens is 2. The van der Waals surface area contributed by atoms with E-state index in [0.717, 1.165) is 18.4 Å². The average molecular weight is 433 g/mol. The molecule has 0 spiro atoms. The Balaban J connectivity index is 0.00000196. The molecule has 0 bridgehead atoms. The molecule has 0 radical (unpaired) electrons. The maximum absolute atomic E-state index is 13.1. The van der Waals surface area contributed by atoms with E-state index in [1.54, 1.807) is 12.3 Å². The second-order valence-corrected chi connectivity index (χ2v) is 7.40. The molecule has 2 saturated heterocycles. The lowest BCUT2D eigenvalue weighted by molar-refractivity contribution is -0.149. The third-order valence-corrected chi connectivity index (χ3v) is 5.54. The number of nitrogens with one attached hydrogen (secondary N) is 1. The van der Waals surface area contributed by atoms with Crippen LogP contribution in [-0.4, -0.2) is 54.5 Å². The number of hydrogen-bond acceptors (Lipinski definition) is 5. The molecule has 2 amide bonds. The SMILES string of the molecule is Cc1ccc(NC(=O)C2CCCN(C(=O)C3(CN)CCOCC3)C2)nc1.Cl.Cl. The fraction of sp³-hybridized carbons (Fsp3) is 0.632. The zero-order valence-electron chi connectivity index (χ0n) is 16.2. The fourth-order valence-corrected chi connectivity index (χ4v) is 3.75. The predicted molar refractivity (Wildman–Crippen MR) is 113 cm³/mol. The van der Waals surface area contributed by atoms with Crippen LogP contribution in [0.25, 0.3) is 0 Å². The number of pyridine rings is 1. The number of amides is 2. The average Bonchev–Trinajstić information content (AvgIpc) is 2.69. The molecule has 3 N–H and O–H groups in total. The number of nitrogens with two attached hydrogens (primary N) is 1. The topological polar surface area (TPSA) is 97.6 Å². The highest BCUT2D eigenvalue weighted by atomic mass is 35.5. The van der Waals surface area contributed by atoms with E-state index in [9.17, 15) is 9.59 Å². The zero-order chi connectivity index (χ0) is 18.6. The monoisotopic (exact) mass is 432 g/mol. The number of carbonyl (C=O) groups is 2. The lowest BCUT2D eigenvalue weighted by Gasteiger charge is -2.41. The summed E-state index contributed by atoms with van der Waals surface area (Å²) >= 11 is 0. The molecule has 0 aromatic carbocycles. The van der Waals surface area contributed by atoms with Crippen molar-refractivity contribution in [3.63, 3.8) is 0 Å². The Hall–Kier alpha value is -1.41. The van der Waals surface area contributed by atoms with Gasteiger partial charge in [0.2, 0.25) is 11.8 Å². The van der Waals surface area contributed by atoms with E-state index in [0.29, 0.717) is 51.5 Å². The first-order valence-corrected chi connectivity index (χ1v) is 9.35. The number of aromatic nitrogens is 1. The molecule has 158 valence electrons. The number of ether oxygens (including phenoxy) is 1. The quantitative estimate of drug-likeness (QED) is 0.759. The van der Waals surface area contributed by atoms with Crippen molar-refractivity contribution in [1.82, 2.24) is 9.88 Å². The molecule has 0 saturated carbocycles. The first kappa shape index (κ1) is 24.6. The zero-order valence-corrected chi connectivity index (χ0v) is 17.8. The predicted octanol–water partition coefficient (Wildman–Crippen LogP) is 2.17. The van der Waals surface area contributed by atoms with Crippen LogP contribution in [0.2, 0.25) is 0 Å². The first-order chi connectivity index (χ1) is 12.5. The number of rotatable bonds is 4. The van der Waals surface area contributed by atoms with Crippen molar-refractivity contribution in [2.75, 3.05) is 38.2 Å². The van der Waals surface area contributed by atoms with Crippen LogP contribution >= 0.6 is 24.8 Å². The molecule has 1 aromatic heterocycles. The maximum atomic E-state index is 13.1. The standard InChI is InChI=1S/C19H28N4O3.2ClH/c1-14-4-5-16(21-11-14)22-17(24)15-3-2-8-23(12-15)18(25)19(13-20)6-9-26-10-7-19;;/h4-5,11,15H,2-3,6-10,12-13,20H2,1H3,(H,21,22,24);2*1H. The van der Waals surface area contributed by atoms with Gasteiger partial charge >= 0.3 is 0 Å². The van der Waals surface area contributed by atoms with Crippen molar-refractivity contribution in [3.8, 4) is 0 Å². The Labute approximate surface area is 178 Å². The van der Waals surface area contributed by atoms with Gasteiger partial charge in [-0.3, -0.25) is 9.59 Å². The highest BCUT2D eigenvalue weighted by Crippen LogP contribution is 2.33. The molecule has 2 aliphatic rings. The van der Waals surface area contributed by atoms with Gasteiger partial charge in [-0.1, -0.05) is 6.07 Å². The van der Waals surface area contributed by atoms with Crippen molar-refractivity contribution in [2.45, 2.75) is 32.6 Å². The number of hydrogen-bond donors (Lipinski definition) is 2. The van der Waals surface area contributed by atoms with Crippen molar-refractivity contribution < 1.29 is 14.3 Å². The Kier molecular flexibility index (Phi) is 9.63. The summed E-state index contributed by atoms with van der Waals surface area (Å²) in [5.41, 5.74) is 6.47. The summed E-state index contributed by atoms with van der Waals surface area (Å²) in [4.78, 5) is 31.8. The third kappa shape index (κ3) is 5.56. The summed E-state index contributed by atoms with van der Waals surface area (Å²) in [6, 6.07) is 3.71. The van der Waals surface area contributed by atoms with E-state index in [1.807, 2.05) is 17.9 Å². The molecular formula is C19H30Cl2N4O3. The van der Waals surface area contributed by atoms with Crippen LogP contribution in [-0.2, 0) is 14.3 Å². The molecule has 2 fully saturated rings. The summed E-state index contributed by atoms with van der Waals surface area (Å²) < 4.78 is 5.40. The summed E-state index contributed by atoms with van der Waals surface area (Å²) in [5.74, 6) is 0.333. The largest absolute Gasteiger partial charge is 0.381 e. The van der Waals surface area contributed by atoms with Gasteiger partial charge in [-0.2, -0.15) is 0 Å². The fourth-order valence-electron chi connectivity index (χ4n) is 3.75. The molecule has 3 heterocycles. The minimum atomic E-state index is -0.533. The lowest BCUT2D eigenvalue weighted by atomic mass is 9.78. The van der Waals surface area contributed by atoms with Crippen LogP contribution in [0.4, 0.5) is 5.82 Å². The summed E-state index contributed by atoms with van der Waals surface area (Å²) in [6.45, 7) is 4.55. The van der Waals surface area contributed by atoms with Gasteiger partial charge in [0.15, 0.2) is 0 Å². The van der Waals surface area contributed by atoms with Crippen LogP contribution in [0.1, 0.15) is 31.2 Å². The van der Waals surface area contributed by atoms with Gasteiger partial charge in [-0.25, -0.2) is 4.98 Å². The van der Waals surface area contributed by atoms with E-state index in [1.165, 1.54) is 0 Å². The Bertz CT molecular complexity index is 651. The number of piperidine rings is 1. The Morgan fingerprint density at radius 3 is 2.64 bits per heavy atom. The molecule has 9 heteroatoms. The van der Waals surface area contributed by atoms with Crippen molar-refractivity contribution >= 4 is 42.4 Å². The van der Waals surface area contributed by atoms with Crippen LogP contribution in [0, 0.1) is 18.3 Å². The molecule has 1 atom stereocenters. The van der Waals surface area contributed by atoms with Crippen LogP contribution in [0.5, 0.6) is 0 Å². The van der Waals surface area contributed by atoms with Gasteiger partial charge in [0, 0.05) is 39.0 Å². The smallest absolute Gasteiger partial charge is 0.230 e. The van der Waals surface area contributed by atoms with Crippen molar-refractivity contribution in [2.24, 2.45) is 17.1 Å². The van der Waals surface area contributed by atoms with Gasteiger partial charge in [-0.05, 0) is 44.2 Å². The molecule has 7 nitrogen and oxygen atoms in total. The number of likely N-dealkylation sites (tertiary alicyclic amines) is 1. The summed E-state index contributed by atoms with van der Waals surface area (Å²) in [5, 5.41) is 2.87. The Morgan fingerprint density at radius 1 is 1.32 bits per heavy atom. The second-order valence-electron chi connectivity index (χ2n) is 7.40. The van der Waals surface area contributed by atoms with Gasteiger partial charge in [0.05, 0.1) is 11.3 Å². The molecule has 28 heavy (non-hydrogen) atoms. The first-order valence-electron chi connectivity index (χ1n) is 9.35. The lowest BCUT2D eigenvalue weighted by Crippen LogP contribution is -2.54.